The monoisotopic (exact) mass is 272 g/mol. The summed E-state index contributed by atoms with van der Waals surface area (Å²) >= 11 is 0. The zero-order valence-corrected chi connectivity index (χ0v) is 10.9. The van der Waals surface area contributed by atoms with Crippen molar-refractivity contribution in [1.82, 2.24) is 20.1 Å². The highest BCUT2D eigenvalue weighted by Gasteiger charge is 2.44. The number of hydrogen-bond acceptors (Lipinski definition) is 4. The second-order valence-corrected chi connectivity index (χ2v) is 5.09. The van der Waals surface area contributed by atoms with E-state index in [9.17, 15) is 9.90 Å². The maximum absolute atomic E-state index is 12.0. The fourth-order valence-corrected chi connectivity index (χ4v) is 2.33. The Kier molecular flexibility index (Phi) is 3.23. The van der Waals surface area contributed by atoms with E-state index in [1.165, 1.54) is 12.7 Å². The van der Waals surface area contributed by atoms with Crippen LogP contribution in [0.4, 0.5) is 0 Å². The summed E-state index contributed by atoms with van der Waals surface area (Å²) in [6.45, 7) is 0.211. The normalized spacial score (nSPS) is 17.6. The lowest BCUT2D eigenvalue weighted by molar-refractivity contribution is -0.146. The number of carbonyl (C=O) groups is 1. The molecule has 20 heavy (non-hydrogen) atoms. The molecule has 1 fully saturated rings. The first kappa shape index (κ1) is 12.8. The van der Waals surface area contributed by atoms with Gasteiger partial charge in [-0.05, 0) is 18.4 Å². The fourth-order valence-electron chi connectivity index (χ4n) is 2.33. The highest BCUT2D eigenvalue weighted by Crippen LogP contribution is 2.30. The maximum atomic E-state index is 12.0. The summed E-state index contributed by atoms with van der Waals surface area (Å²) in [5.41, 5.74) is -0.439. The Morgan fingerprint density at radius 3 is 2.70 bits per heavy atom. The van der Waals surface area contributed by atoms with Crippen LogP contribution in [0, 0.1) is 0 Å². The SMILES string of the molecule is O=C(O)C(Cn1cncn1)(NC1CC1)c1ccccc1. The first-order valence-corrected chi connectivity index (χ1v) is 6.60. The number of nitrogens with zero attached hydrogens (tertiary/aromatic N) is 3. The Balaban J connectivity index is 2.01. The molecule has 104 valence electrons. The number of nitrogens with one attached hydrogen (secondary N) is 1. The van der Waals surface area contributed by atoms with Gasteiger partial charge in [0.05, 0.1) is 6.54 Å². The van der Waals surface area contributed by atoms with E-state index in [4.69, 9.17) is 0 Å². The van der Waals surface area contributed by atoms with Gasteiger partial charge in [0.25, 0.3) is 0 Å². The Morgan fingerprint density at radius 2 is 2.15 bits per heavy atom. The van der Waals surface area contributed by atoms with Crippen molar-refractivity contribution < 1.29 is 9.90 Å². The van der Waals surface area contributed by atoms with Gasteiger partial charge in [-0.25, -0.2) is 9.78 Å². The molecule has 0 radical (unpaired) electrons. The topological polar surface area (TPSA) is 80.0 Å². The van der Waals surface area contributed by atoms with E-state index in [0.717, 1.165) is 18.4 Å². The number of benzene rings is 1. The van der Waals surface area contributed by atoms with E-state index in [1.807, 2.05) is 30.3 Å². The van der Waals surface area contributed by atoms with Crippen LogP contribution in [-0.4, -0.2) is 31.9 Å². The van der Waals surface area contributed by atoms with Crippen LogP contribution in [0.5, 0.6) is 0 Å². The largest absolute Gasteiger partial charge is 0.480 e. The Labute approximate surface area is 116 Å². The van der Waals surface area contributed by atoms with Crippen molar-refractivity contribution in [1.29, 1.82) is 0 Å². The van der Waals surface area contributed by atoms with Gasteiger partial charge in [-0.15, -0.1) is 0 Å². The molecule has 2 N–H and O–H groups in total. The molecule has 1 atom stereocenters. The van der Waals surface area contributed by atoms with Gasteiger partial charge in [0, 0.05) is 6.04 Å². The third-order valence-corrected chi connectivity index (χ3v) is 3.53. The summed E-state index contributed by atoms with van der Waals surface area (Å²) in [6.07, 6.45) is 4.97. The van der Waals surface area contributed by atoms with Gasteiger partial charge in [-0.3, -0.25) is 10.00 Å². The average Bonchev–Trinajstić information content (AvgIpc) is 3.12. The summed E-state index contributed by atoms with van der Waals surface area (Å²) in [5, 5.41) is 17.1. The van der Waals surface area contributed by atoms with Crippen molar-refractivity contribution in [2.24, 2.45) is 0 Å². The molecule has 0 bridgehead atoms. The molecule has 1 unspecified atom stereocenters. The van der Waals surface area contributed by atoms with Crippen molar-refractivity contribution in [3.8, 4) is 0 Å². The van der Waals surface area contributed by atoms with Crippen molar-refractivity contribution >= 4 is 5.97 Å². The molecule has 1 aromatic heterocycles. The zero-order chi connectivity index (χ0) is 14.0. The average molecular weight is 272 g/mol. The fraction of sp³-hybridized carbons (Fsp3) is 0.357. The van der Waals surface area contributed by atoms with Gasteiger partial charge < -0.3 is 5.11 Å². The first-order valence-electron chi connectivity index (χ1n) is 6.60. The van der Waals surface area contributed by atoms with Gasteiger partial charge in [0.15, 0.2) is 5.54 Å². The van der Waals surface area contributed by atoms with E-state index in [2.05, 4.69) is 15.4 Å². The number of hydrogen-bond donors (Lipinski definition) is 2. The third kappa shape index (κ3) is 2.42. The highest BCUT2D eigenvalue weighted by atomic mass is 16.4. The second kappa shape index (κ2) is 5.05. The Morgan fingerprint density at radius 1 is 1.40 bits per heavy atom. The molecule has 3 rings (SSSR count). The van der Waals surface area contributed by atoms with Crippen LogP contribution in [0.3, 0.4) is 0 Å². The molecule has 0 amide bonds. The maximum Gasteiger partial charge on any atom is 0.330 e. The summed E-state index contributed by atoms with van der Waals surface area (Å²) < 4.78 is 1.55. The van der Waals surface area contributed by atoms with Crippen LogP contribution in [-0.2, 0) is 16.9 Å². The molecule has 0 spiro atoms. The van der Waals surface area contributed by atoms with Gasteiger partial charge in [-0.1, -0.05) is 30.3 Å². The molecule has 6 heteroatoms. The lowest BCUT2D eigenvalue weighted by atomic mass is 9.89. The van der Waals surface area contributed by atoms with E-state index < -0.39 is 11.5 Å². The quantitative estimate of drug-likeness (QED) is 0.820. The number of carboxylic acid groups (broad SMARTS) is 1. The van der Waals surface area contributed by atoms with Gasteiger partial charge in [-0.2, -0.15) is 5.10 Å². The summed E-state index contributed by atoms with van der Waals surface area (Å²) in [5.74, 6) is -0.897. The standard InChI is InChI=1S/C14H16N4O2/c19-13(20)14(17-12-6-7-12,8-18-10-15-9-16-18)11-4-2-1-3-5-11/h1-5,9-10,12,17H,6-8H2,(H,19,20). The molecule has 1 aromatic carbocycles. The molecule has 1 heterocycles. The molecule has 1 saturated carbocycles. The minimum Gasteiger partial charge on any atom is -0.480 e. The predicted molar refractivity (Wildman–Crippen MR) is 71.9 cm³/mol. The Bertz CT molecular complexity index is 580. The van der Waals surface area contributed by atoms with Gasteiger partial charge in [0.2, 0.25) is 0 Å². The predicted octanol–water partition coefficient (Wildman–Crippen LogP) is 1.01. The van der Waals surface area contributed by atoms with Crippen molar-refractivity contribution in [2.45, 2.75) is 31.0 Å². The molecule has 1 aliphatic rings. The van der Waals surface area contributed by atoms with E-state index >= 15 is 0 Å². The minimum absolute atomic E-state index is 0.211. The minimum atomic E-state index is -1.17. The molecule has 6 nitrogen and oxygen atoms in total. The van der Waals surface area contributed by atoms with Crippen LogP contribution in [0.15, 0.2) is 43.0 Å². The van der Waals surface area contributed by atoms with Crippen LogP contribution in [0.1, 0.15) is 18.4 Å². The third-order valence-electron chi connectivity index (χ3n) is 3.53. The number of aliphatic carboxylic acids is 1. The van der Waals surface area contributed by atoms with Crippen molar-refractivity contribution in [3.05, 3.63) is 48.5 Å². The summed E-state index contributed by atoms with van der Waals surface area (Å²) in [7, 11) is 0. The molecule has 0 aliphatic heterocycles. The summed E-state index contributed by atoms with van der Waals surface area (Å²) in [6, 6.07) is 9.50. The summed E-state index contributed by atoms with van der Waals surface area (Å²) in [4.78, 5) is 15.9. The first-order chi connectivity index (χ1) is 9.71. The van der Waals surface area contributed by atoms with Crippen molar-refractivity contribution in [2.75, 3.05) is 0 Å². The lowest BCUT2D eigenvalue weighted by Crippen LogP contribution is -2.53. The van der Waals surface area contributed by atoms with E-state index in [0.29, 0.717) is 0 Å². The lowest BCUT2D eigenvalue weighted by Gasteiger charge is -2.31. The molecule has 2 aromatic rings. The molecular weight excluding hydrogens is 256 g/mol. The number of carboxylic acids is 1. The second-order valence-electron chi connectivity index (χ2n) is 5.09. The van der Waals surface area contributed by atoms with Crippen LogP contribution in [0.2, 0.25) is 0 Å². The smallest absolute Gasteiger partial charge is 0.330 e. The zero-order valence-electron chi connectivity index (χ0n) is 10.9. The van der Waals surface area contributed by atoms with Gasteiger partial charge >= 0.3 is 5.97 Å². The number of rotatable bonds is 6. The van der Waals surface area contributed by atoms with Crippen molar-refractivity contribution in [3.63, 3.8) is 0 Å². The molecule has 1 aliphatic carbocycles. The Hall–Kier alpha value is -2.21. The number of aromatic nitrogens is 3. The molecule has 0 saturated heterocycles. The van der Waals surface area contributed by atoms with Crippen LogP contribution >= 0.6 is 0 Å². The van der Waals surface area contributed by atoms with Crippen LogP contribution in [0.25, 0.3) is 0 Å². The van der Waals surface area contributed by atoms with E-state index in [-0.39, 0.29) is 12.6 Å². The van der Waals surface area contributed by atoms with Crippen LogP contribution < -0.4 is 5.32 Å². The van der Waals surface area contributed by atoms with E-state index in [1.54, 1.807) is 4.68 Å². The highest BCUT2D eigenvalue weighted by molar-refractivity contribution is 5.80. The van der Waals surface area contributed by atoms with Gasteiger partial charge in [0.1, 0.15) is 12.7 Å². The molecular formula is C14H16N4O2.